The SMILES string of the molecule is N#CCCCCS(=O)c1ccc2c(c1)OCCO2. The van der Waals surface area contributed by atoms with Crippen molar-refractivity contribution >= 4 is 10.8 Å². The summed E-state index contributed by atoms with van der Waals surface area (Å²) in [6.45, 7) is 1.09. The number of unbranched alkanes of at least 4 members (excludes halogenated alkanes) is 2. The Morgan fingerprint density at radius 2 is 2.00 bits per heavy atom. The van der Waals surface area contributed by atoms with Crippen molar-refractivity contribution in [2.75, 3.05) is 19.0 Å². The minimum absolute atomic E-state index is 0.526. The summed E-state index contributed by atoms with van der Waals surface area (Å²) in [5.74, 6) is 1.97. The molecule has 5 heteroatoms. The molecular formula is C13H15NO3S. The van der Waals surface area contributed by atoms with Crippen molar-refractivity contribution in [1.29, 1.82) is 5.26 Å². The Bertz CT molecular complexity index is 482. The summed E-state index contributed by atoms with van der Waals surface area (Å²) in [4.78, 5) is 0.760. The van der Waals surface area contributed by atoms with Crippen LogP contribution in [0, 0.1) is 11.3 Å². The first-order valence-electron chi connectivity index (χ1n) is 5.96. The van der Waals surface area contributed by atoms with E-state index in [-0.39, 0.29) is 0 Å². The zero-order valence-electron chi connectivity index (χ0n) is 10.1. The molecule has 1 atom stereocenters. The molecule has 0 aromatic heterocycles. The summed E-state index contributed by atoms with van der Waals surface area (Å²) in [6, 6.07) is 7.49. The van der Waals surface area contributed by atoms with Crippen LogP contribution < -0.4 is 9.47 Å². The first kappa shape index (κ1) is 12.9. The normalized spacial score (nSPS) is 14.8. The molecule has 1 heterocycles. The van der Waals surface area contributed by atoms with Crippen molar-refractivity contribution in [3.8, 4) is 17.6 Å². The van der Waals surface area contributed by atoms with Crippen molar-refractivity contribution < 1.29 is 13.7 Å². The van der Waals surface area contributed by atoms with Crippen LogP contribution in [0.1, 0.15) is 19.3 Å². The molecule has 0 amide bonds. The molecule has 1 unspecified atom stereocenters. The fourth-order valence-electron chi connectivity index (χ4n) is 1.72. The van der Waals surface area contributed by atoms with Crippen LogP contribution in [0.3, 0.4) is 0 Å². The number of hydrogen-bond donors (Lipinski definition) is 0. The summed E-state index contributed by atoms with van der Waals surface area (Å²) in [7, 11) is -1.03. The number of hydrogen-bond acceptors (Lipinski definition) is 4. The van der Waals surface area contributed by atoms with Gasteiger partial charge in [-0.2, -0.15) is 5.26 Å². The third kappa shape index (κ3) is 3.23. The average molecular weight is 265 g/mol. The first-order chi connectivity index (χ1) is 8.81. The zero-order valence-corrected chi connectivity index (χ0v) is 10.9. The van der Waals surface area contributed by atoms with Gasteiger partial charge in [0.1, 0.15) is 13.2 Å². The molecular weight excluding hydrogens is 250 g/mol. The largest absolute Gasteiger partial charge is 0.486 e. The molecule has 0 saturated heterocycles. The molecule has 0 fully saturated rings. The van der Waals surface area contributed by atoms with Gasteiger partial charge in [0.15, 0.2) is 11.5 Å². The highest BCUT2D eigenvalue weighted by Gasteiger charge is 2.13. The second-order valence-corrected chi connectivity index (χ2v) is 5.54. The summed E-state index contributed by atoms with van der Waals surface area (Å²) >= 11 is 0. The Morgan fingerprint density at radius 1 is 1.22 bits per heavy atom. The van der Waals surface area contributed by atoms with Crippen molar-refractivity contribution in [2.24, 2.45) is 0 Å². The second-order valence-electron chi connectivity index (χ2n) is 3.97. The molecule has 4 nitrogen and oxygen atoms in total. The van der Waals surface area contributed by atoms with Crippen LogP contribution >= 0.6 is 0 Å². The number of nitrogens with zero attached hydrogens (tertiary/aromatic N) is 1. The lowest BCUT2D eigenvalue weighted by Crippen LogP contribution is -2.15. The summed E-state index contributed by atoms with van der Waals surface area (Å²) in [6.07, 6.45) is 2.12. The van der Waals surface area contributed by atoms with E-state index in [1.807, 2.05) is 6.07 Å². The minimum Gasteiger partial charge on any atom is -0.486 e. The van der Waals surface area contributed by atoms with Crippen LogP contribution in [-0.2, 0) is 10.8 Å². The van der Waals surface area contributed by atoms with E-state index in [1.165, 1.54) is 0 Å². The van der Waals surface area contributed by atoms with Crippen molar-refractivity contribution in [2.45, 2.75) is 24.2 Å². The molecule has 1 aliphatic rings. The fraction of sp³-hybridized carbons (Fsp3) is 0.462. The molecule has 0 bridgehead atoms. The molecule has 0 saturated carbocycles. The van der Waals surface area contributed by atoms with Gasteiger partial charge in [0.25, 0.3) is 0 Å². The number of fused-ring (bicyclic) bond motifs is 1. The number of rotatable bonds is 5. The van der Waals surface area contributed by atoms with E-state index >= 15 is 0 Å². The van der Waals surface area contributed by atoms with E-state index in [9.17, 15) is 4.21 Å². The topological polar surface area (TPSA) is 59.3 Å². The molecule has 1 aliphatic heterocycles. The van der Waals surface area contributed by atoms with Gasteiger partial charge in [0, 0.05) is 23.1 Å². The molecule has 2 rings (SSSR count). The summed E-state index contributed by atoms with van der Waals surface area (Å²) < 4.78 is 22.9. The zero-order chi connectivity index (χ0) is 12.8. The smallest absolute Gasteiger partial charge is 0.162 e. The standard InChI is InChI=1S/C13H15NO3S/c14-6-2-1-3-9-18(15)11-4-5-12-13(10-11)17-8-7-16-12/h4-5,10H,1-3,7-9H2. The first-order valence-corrected chi connectivity index (χ1v) is 7.28. The predicted molar refractivity (Wildman–Crippen MR) is 68.2 cm³/mol. The van der Waals surface area contributed by atoms with Gasteiger partial charge in [-0.05, 0) is 25.0 Å². The maximum Gasteiger partial charge on any atom is 0.162 e. The predicted octanol–water partition coefficient (Wildman–Crippen LogP) is 2.26. The molecule has 0 aliphatic carbocycles. The Hall–Kier alpha value is -1.54. The van der Waals surface area contributed by atoms with Crippen LogP contribution in [0.25, 0.3) is 0 Å². The molecule has 0 spiro atoms. The van der Waals surface area contributed by atoms with Gasteiger partial charge in [0.05, 0.1) is 16.9 Å². The molecule has 1 aromatic carbocycles. The van der Waals surface area contributed by atoms with Crippen molar-refractivity contribution in [1.82, 2.24) is 0 Å². The van der Waals surface area contributed by atoms with Crippen molar-refractivity contribution in [3.05, 3.63) is 18.2 Å². The maximum atomic E-state index is 12.0. The minimum atomic E-state index is -1.03. The van der Waals surface area contributed by atoms with Gasteiger partial charge < -0.3 is 9.47 Å². The maximum absolute atomic E-state index is 12.0. The lowest BCUT2D eigenvalue weighted by atomic mass is 10.3. The van der Waals surface area contributed by atoms with Crippen LogP contribution in [0.5, 0.6) is 11.5 Å². The van der Waals surface area contributed by atoms with Crippen LogP contribution in [0.15, 0.2) is 23.1 Å². The van der Waals surface area contributed by atoms with E-state index in [0.29, 0.717) is 36.9 Å². The molecule has 18 heavy (non-hydrogen) atoms. The molecule has 0 radical (unpaired) electrons. The van der Waals surface area contributed by atoms with Gasteiger partial charge >= 0.3 is 0 Å². The highest BCUT2D eigenvalue weighted by Crippen LogP contribution is 2.31. The second kappa shape index (κ2) is 6.41. The number of nitriles is 1. The Morgan fingerprint density at radius 3 is 2.78 bits per heavy atom. The highest BCUT2D eigenvalue weighted by atomic mass is 32.2. The van der Waals surface area contributed by atoms with Gasteiger partial charge in [0.2, 0.25) is 0 Å². The van der Waals surface area contributed by atoms with Crippen LogP contribution in [-0.4, -0.2) is 23.2 Å². The number of benzene rings is 1. The Labute approximate surface area is 109 Å². The van der Waals surface area contributed by atoms with Gasteiger partial charge in [-0.1, -0.05) is 0 Å². The average Bonchev–Trinajstić information content (AvgIpc) is 2.43. The fourth-order valence-corrected chi connectivity index (χ4v) is 2.88. The van der Waals surface area contributed by atoms with E-state index < -0.39 is 10.8 Å². The van der Waals surface area contributed by atoms with Gasteiger partial charge in [-0.25, -0.2) is 0 Å². The molecule has 1 aromatic rings. The number of ether oxygens (including phenoxy) is 2. The Kier molecular flexibility index (Phi) is 4.59. The van der Waals surface area contributed by atoms with Crippen molar-refractivity contribution in [3.63, 3.8) is 0 Å². The lowest BCUT2D eigenvalue weighted by Gasteiger charge is -2.18. The lowest BCUT2D eigenvalue weighted by molar-refractivity contribution is 0.171. The van der Waals surface area contributed by atoms with E-state index in [0.717, 1.165) is 17.7 Å². The Balaban J connectivity index is 1.96. The van der Waals surface area contributed by atoms with Crippen LogP contribution in [0.2, 0.25) is 0 Å². The third-order valence-corrected chi connectivity index (χ3v) is 4.08. The monoisotopic (exact) mass is 265 g/mol. The quantitative estimate of drug-likeness (QED) is 0.766. The third-order valence-electron chi connectivity index (χ3n) is 2.64. The van der Waals surface area contributed by atoms with E-state index in [2.05, 4.69) is 6.07 Å². The van der Waals surface area contributed by atoms with Gasteiger partial charge in [-0.3, -0.25) is 4.21 Å². The van der Waals surface area contributed by atoms with Crippen LogP contribution in [0.4, 0.5) is 0 Å². The van der Waals surface area contributed by atoms with E-state index in [4.69, 9.17) is 14.7 Å². The highest BCUT2D eigenvalue weighted by molar-refractivity contribution is 7.85. The molecule has 96 valence electrons. The summed E-state index contributed by atoms with van der Waals surface area (Å²) in [5.41, 5.74) is 0. The van der Waals surface area contributed by atoms with Gasteiger partial charge in [-0.15, -0.1) is 0 Å². The molecule has 0 N–H and O–H groups in total. The van der Waals surface area contributed by atoms with E-state index in [1.54, 1.807) is 12.1 Å². The summed E-state index contributed by atoms with van der Waals surface area (Å²) in [5, 5.41) is 8.42.